The number of imidazole rings is 1. The fourth-order valence-corrected chi connectivity index (χ4v) is 2.04. The number of benzene rings is 1. The highest BCUT2D eigenvalue weighted by Gasteiger charge is 2.30. The third kappa shape index (κ3) is 2.92. The molecule has 5 heteroatoms. The molecule has 108 valence electrons. The molecule has 0 N–H and O–H groups in total. The Bertz CT molecular complexity index is 623. The van der Waals surface area contributed by atoms with Crippen molar-refractivity contribution < 1.29 is 9.53 Å². The lowest BCUT2D eigenvalue weighted by molar-refractivity contribution is -0.144. The maximum absolute atomic E-state index is 11.4. The van der Waals surface area contributed by atoms with E-state index in [1.165, 1.54) is 0 Å². The van der Waals surface area contributed by atoms with Gasteiger partial charge in [-0.05, 0) is 31.9 Å². The zero-order chi connectivity index (χ0) is 14.7. The Balaban J connectivity index is 0.000000160. The van der Waals surface area contributed by atoms with Gasteiger partial charge in [-0.25, -0.2) is 4.79 Å². The smallest absolute Gasteiger partial charge is 0.328 e. The van der Waals surface area contributed by atoms with Crippen LogP contribution in [0, 0.1) is 5.92 Å². The van der Waals surface area contributed by atoms with Crippen LogP contribution in [-0.2, 0) is 23.6 Å². The number of hydrogen-bond acceptors (Lipinski definition) is 3. The van der Waals surface area contributed by atoms with Crippen molar-refractivity contribution in [2.45, 2.75) is 19.8 Å². The van der Waals surface area contributed by atoms with Gasteiger partial charge in [0.1, 0.15) is 0 Å². The summed E-state index contributed by atoms with van der Waals surface area (Å²) in [6.07, 6.45) is 2.08. The van der Waals surface area contributed by atoms with Gasteiger partial charge in [-0.1, -0.05) is 12.1 Å². The molecule has 2 aromatic rings. The van der Waals surface area contributed by atoms with Gasteiger partial charge in [0.2, 0.25) is 0 Å². The van der Waals surface area contributed by atoms with Gasteiger partial charge in [0.05, 0.1) is 23.6 Å². The second-order valence-corrected chi connectivity index (χ2v) is 4.92. The number of aryl methyl sites for hydroxylation is 2. The predicted octanol–water partition coefficient (Wildman–Crippen LogP) is 1.84. The third-order valence-electron chi connectivity index (χ3n) is 3.38. The minimum Gasteiger partial charge on any atom is -0.466 e. The van der Waals surface area contributed by atoms with E-state index in [9.17, 15) is 9.59 Å². The van der Waals surface area contributed by atoms with E-state index in [2.05, 4.69) is 0 Å². The number of esters is 1. The minimum absolute atomic E-state index is 0.00694. The molecule has 0 saturated heterocycles. The number of nitrogens with zero attached hydrogens (tertiary/aromatic N) is 2. The molecule has 20 heavy (non-hydrogen) atoms. The van der Waals surface area contributed by atoms with E-state index in [1.807, 2.05) is 31.2 Å². The molecular weight excluding hydrogens is 256 g/mol. The maximum Gasteiger partial charge on any atom is 0.328 e. The fourth-order valence-electron chi connectivity index (χ4n) is 2.04. The van der Waals surface area contributed by atoms with Gasteiger partial charge in [0.25, 0.3) is 0 Å². The highest BCUT2D eigenvalue weighted by Crippen LogP contribution is 2.29. The van der Waals surface area contributed by atoms with Crippen LogP contribution in [0.1, 0.15) is 19.8 Å². The second-order valence-electron chi connectivity index (χ2n) is 4.92. The molecule has 0 amide bonds. The van der Waals surface area contributed by atoms with E-state index in [1.54, 1.807) is 23.2 Å². The van der Waals surface area contributed by atoms with Gasteiger partial charge in [-0.15, -0.1) is 0 Å². The lowest BCUT2D eigenvalue weighted by Gasteiger charge is -1.95. The van der Waals surface area contributed by atoms with E-state index in [0.717, 1.165) is 23.9 Å². The number of ether oxygens (including phenoxy) is 1. The van der Waals surface area contributed by atoms with Gasteiger partial charge in [0, 0.05) is 14.1 Å². The monoisotopic (exact) mass is 276 g/mol. The van der Waals surface area contributed by atoms with Crippen molar-refractivity contribution in [2.24, 2.45) is 20.0 Å². The largest absolute Gasteiger partial charge is 0.466 e. The maximum atomic E-state index is 11.4. The molecule has 1 heterocycles. The van der Waals surface area contributed by atoms with E-state index < -0.39 is 0 Å². The molecule has 5 nitrogen and oxygen atoms in total. The predicted molar refractivity (Wildman–Crippen MR) is 77.5 cm³/mol. The van der Waals surface area contributed by atoms with Crippen molar-refractivity contribution in [1.29, 1.82) is 0 Å². The minimum atomic E-state index is -0.00694. The molecule has 1 saturated carbocycles. The number of hydrogen-bond donors (Lipinski definition) is 0. The Hall–Kier alpha value is -2.04. The zero-order valence-electron chi connectivity index (χ0n) is 12.1. The van der Waals surface area contributed by atoms with Crippen LogP contribution in [0.3, 0.4) is 0 Å². The second kappa shape index (κ2) is 5.94. The molecule has 1 aromatic carbocycles. The summed E-state index contributed by atoms with van der Waals surface area (Å²) in [7, 11) is 3.56. The molecule has 0 spiro atoms. The van der Waals surface area contributed by atoms with Crippen LogP contribution in [0.15, 0.2) is 29.1 Å². The molecule has 1 aliphatic rings. The van der Waals surface area contributed by atoms with Crippen molar-refractivity contribution in [2.75, 3.05) is 6.61 Å². The Labute approximate surface area is 117 Å². The molecule has 1 fully saturated rings. The van der Waals surface area contributed by atoms with Crippen molar-refractivity contribution in [1.82, 2.24) is 9.13 Å². The lowest BCUT2D eigenvalue weighted by Crippen LogP contribution is -2.19. The van der Waals surface area contributed by atoms with Crippen molar-refractivity contribution in [3.05, 3.63) is 34.7 Å². The quantitative estimate of drug-likeness (QED) is 0.786. The summed E-state index contributed by atoms with van der Waals surface area (Å²) >= 11 is 0. The SMILES string of the molecule is CCOC(=O)C1CC1.Cn1c(=O)n(C)c2ccccc21. The summed E-state index contributed by atoms with van der Waals surface area (Å²) in [5.41, 5.74) is 1.98. The summed E-state index contributed by atoms with van der Waals surface area (Å²) in [5.74, 6) is 0.252. The number of carbonyl (C=O) groups excluding carboxylic acids is 1. The first-order valence-electron chi connectivity index (χ1n) is 6.83. The van der Waals surface area contributed by atoms with Crippen LogP contribution in [-0.4, -0.2) is 21.7 Å². The van der Waals surface area contributed by atoms with Gasteiger partial charge >= 0.3 is 11.7 Å². The third-order valence-corrected chi connectivity index (χ3v) is 3.38. The van der Waals surface area contributed by atoms with Gasteiger partial charge in [-0.2, -0.15) is 0 Å². The first-order chi connectivity index (χ1) is 9.56. The first-order valence-corrected chi connectivity index (χ1v) is 6.83. The van der Waals surface area contributed by atoms with Gasteiger partial charge < -0.3 is 4.74 Å². The Kier molecular flexibility index (Phi) is 4.27. The van der Waals surface area contributed by atoms with E-state index in [0.29, 0.717) is 6.61 Å². The van der Waals surface area contributed by atoms with Crippen LogP contribution in [0.25, 0.3) is 11.0 Å². The van der Waals surface area contributed by atoms with Crippen molar-refractivity contribution in [3.8, 4) is 0 Å². The van der Waals surface area contributed by atoms with Crippen LogP contribution >= 0.6 is 0 Å². The normalized spacial score (nSPS) is 13.8. The average Bonchev–Trinajstić information content (AvgIpc) is 3.27. The molecule has 0 aliphatic heterocycles. The lowest BCUT2D eigenvalue weighted by atomic mass is 10.3. The molecular formula is C15H20N2O3. The van der Waals surface area contributed by atoms with Crippen LogP contribution < -0.4 is 5.69 Å². The van der Waals surface area contributed by atoms with Gasteiger partial charge in [0.15, 0.2) is 0 Å². The molecule has 1 aliphatic carbocycles. The summed E-state index contributed by atoms with van der Waals surface area (Å²) in [6.45, 7) is 2.36. The summed E-state index contributed by atoms with van der Waals surface area (Å²) in [5, 5.41) is 0. The number of rotatable bonds is 2. The fraction of sp³-hybridized carbons (Fsp3) is 0.467. The van der Waals surface area contributed by atoms with Crippen LogP contribution in [0.4, 0.5) is 0 Å². The summed E-state index contributed by atoms with van der Waals surface area (Å²) < 4.78 is 8.02. The molecule has 3 rings (SSSR count). The zero-order valence-corrected chi connectivity index (χ0v) is 12.1. The van der Waals surface area contributed by atoms with Gasteiger partial charge in [-0.3, -0.25) is 13.9 Å². The number of carbonyl (C=O) groups is 1. The standard InChI is InChI=1S/C9H10N2O.C6H10O2/c1-10-7-5-3-4-6-8(7)11(2)9(10)12;1-2-8-6(7)5-3-4-5/h3-6H,1-2H3;5H,2-4H2,1H3. The topological polar surface area (TPSA) is 53.2 Å². The average molecular weight is 276 g/mol. The molecule has 1 aromatic heterocycles. The van der Waals surface area contributed by atoms with E-state index >= 15 is 0 Å². The first kappa shape index (κ1) is 14.4. The molecule has 0 atom stereocenters. The molecule has 0 bridgehead atoms. The highest BCUT2D eigenvalue weighted by molar-refractivity contribution is 5.75. The van der Waals surface area contributed by atoms with Crippen LogP contribution in [0.5, 0.6) is 0 Å². The number of para-hydroxylation sites is 2. The van der Waals surface area contributed by atoms with Crippen LogP contribution in [0.2, 0.25) is 0 Å². The Morgan fingerprint density at radius 3 is 2.10 bits per heavy atom. The summed E-state index contributed by atoms with van der Waals surface area (Å²) in [4.78, 5) is 22.0. The van der Waals surface area contributed by atoms with Crippen molar-refractivity contribution >= 4 is 17.0 Å². The summed E-state index contributed by atoms with van der Waals surface area (Å²) in [6, 6.07) is 7.75. The number of aromatic nitrogens is 2. The Morgan fingerprint density at radius 1 is 1.20 bits per heavy atom. The Morgan fingerprint density at radius 2 is 1.70 bits per heavy atom. The van der Waals surface area contributed by atoms with E-state index in [-0.39, 0.29) is 17.6 Å². The van der Waals surface area contributed by atoms with E-state index in [4.69, 9.17) is 4.74 Å². The van der Waals surface area contributed by atoms with Crippen molar-refractivity contribution in [3.63, 3.8) is 0 Å². The molecule has 0 unspecified atom stereocenters. The molecule has 0 radical (unpaired) electrons. The number of fused-ring (bicyclic) bond motifs is 1. The highest BCUT2D eigenvalue weighted by atomic mass is 16.5.